The molecule has 0 fully saturated rings. The fraction of sp³-hybridized carbons (Fsp3) is 0.182. The van der Waals surface area contributed by atoms with Crippen LogP contribution >= 0.6 is 11.9 Å². The molecule has 1 amide bonds. The van der Waals surface area contributed by atoms with Crippen LogP contribution in [0.15, 0.2) is 57.4 Å². The van der Waals surface area contributed by atoms with Crippen LogP contribution in [-0.2, 0) is 21.2 Å². The fourth-order valence-corrected chi connectivity index (χ4v) is 5.23. The van der Waals surface area contributed by atoms with Gasteiger partial charge in [-0.2, -0.15) is 9.39 Å². The third-order valence-corrected chi connectivity index (χ3v) is 7.60. The number of hydrogen-bond acceptors (Lipinski definition) is 10. The van der Waals surface area contributed by atoms with Gasteiger partial charge in [0.05, 0.1) is 35.3 Å². The normalized spacial score (nSPS) is 16.5. The highest BCUT2D eigenvalue weighted by molar-refractivity contribution is 8.16. The molecule has 186 valence electrons. The van der Waals surface area contributed by atoms with Gasteiger partial charge in [0, 0.05) is 12.1 Å². The van der Waals surface area contributed by atoms with E-state index in [4.69, 9.17) is 14.9 Å². The zero-order valence-corrected chi connectivity index (χ0v) is 20.6. The Balaban J connectivity index is 1.56. The van der Waals surface area contributed by atoms with Crippen molar-refractivity contribution in [2.45, 2.75) is 13.5 Å². The highest BCUT2D eigenvalue weighted by Crippen LogP contribution is 2.33. The Kier molecular flexibility index (Phi) is 6.90. The third kappa shape index (κ3) is 4.85. The number of methoxy groups -OCH3 is 1. The number of non-ortho nitro benzene ring substituents is 1. The number of carbonyl (C=O) groups excluding carboxylic acids is 1. The van der Waals surface area contributed by atoms with E-state index in [-0.39, 0.29) is 39.8 Å². The molecule has 4 rings (SSSR count). The standard InChI is InChI=1S/C22H19N5O7S2/c1-3-36(31,32)22-25-35-21-24-20(28)16(19(23)26(21)22)10-14-6-9-17(18(11-14)33-2)34-12-13-4-7-15(8-5-13)27(29)30/h4-11,23H,3,12H2,1-2H3/b16-10-,23-19?. The number of nitro benzene ring substituents is 1. The van der Waals surface area contributed by atoms with E-state index >= 15 is 0 Å². The number of rotatable bonds is 7. The Morgan fingerprint density at radius 3 is 2.56 bits per heavy atom. The van der Waals surface area contributed by atoms with Crippen molar-refractivity contribution in [3.63, 3.8) is 0 Å². The van der Waals surface area contributed by atoms with Gasteiger partial charge < -0.3 is 9.47 Å². The number of benzene rings is 2. The van der Waals surface area contributed by atoms with Crippen LogP contribution in [-0.4, -0.2) is 53.2 Å². The number of amides is 1. The van der Waals surface area contributed by atoms with Crippen molar-refractivity contribution in [1.29, 1.82) is 5.41 Å². The van der Waals surface area contributed by atoms with Crippen LogP contribution in [0.25, 0.3) is 6.08 Å². The largest absolute Gasteiger partial charge is 0.493 e. The molecule has 0 saturated carbocycles. The summed E-state index contributed by atoms with van der Waals surface area (Å²) in [6.45, 7) is 1.60. The maximum atomic E-state index is 12.6. The number of ether oxygens (including phenoxy) is 2. The molecule has 0 aliphatic carbocycles. The van der Waals surface area contributed by atoms with Crippen LogP contribution in [0.4, 0.5) is 5.69 Å². The molecule has 0 aromatic heterocycles. The molecule has 1 N–H and O–H groups in total. The molecule has 0 atom stereocenters. The Bertz CT molecular complexity index is 1460. The first kappa shape index (κ1) is 25.1. The minimum atomic E-state index is -3.74. The zero-order chi connectivity index (χ0) is 26.0. The molecule has 14 heteroatoms. The molecule has 2 heterocycles. The van der Waals surface area contributed by atoms with Crippen LogP contribution in [0, 0.1) is 15.5 Å². The molecule has 0 spiro atoms. The van der Waals surface area contributed by atoms with Crippen LogP contribution in [0.5, 0.6) is 11.5 Å². The lowest BCUT2D eigenvalue weighted by Crippen LogP contribution is -2.45. The predicted octanol–water partition coefficient (Wildman–Crippen LogP) is 3.19. The van der Waals surface area contributed by atoms with Gasteiger partial charge in [-0.05, 0) is 41.5 Å². The van der Waals surface area contributed by atoms with Gasteiger partial charge in [-0.25, -0.2) is 13.3 Å². The molecule has 2 aromatic rings. The van der Waals surface area contributed by atoms with Crippen LogP contribution in [0.1, 0.15) is 18.1 Å². The van der Waals surface area contributed by atoms with E-state index in [1.165, 1.54) is 32.2 Å². The van der Waals surface area contributed by atoms with Crippen molar-refractivity contribution in [1.82, 2.24) is 4.90 Å². The average Bonchev–Trinajstić information content (AvgIpc) is 3.30. The van der Waals surface area contributed by atoms with E-state index in [1.807, 2.05) is 0 Å². The Hall–Kier alpha value is -4.04. The summed E-state index contributed by atoms with van der Waals surface area (Å²) in [5.41, 5.74) is 1.07. The van der Waals surface area contributed by atoms with Crippen LogP contribution in [0.3, 0.4) is 0 Å². The van der Waals surface area contributed by atoms with Crippen molar-refractivity contribution >= 4 is 55.6 Å². The van der Waals surface area contributed by atoms with Crippen molar-refractivity contribution in [2.24, 2.45) is 9.39 Å². The third-order valence-electron chi connectivity index (χ3n) is 5.19. The lowest BCUT2D eigenvalue weighted by atomic mass is 10.1. The van der Waals surface area contributed by atoms with Crippen molar-refractivity contribution in [2.75, 3.05) is 12.9 Å². The summed E-state index contributed by atoms with van der Waals surface area (Å²) in [5, 5.41) is 19.0. The number of amidine groups is 3. The Labute approximate surface area is 210 Å². The number of carbonyl (C=O) groups is 1. The van der Waals surface area contributed by atoms with Crippen molar-refractivity contribution in [3.8, 4) is 11.5 Å². The highest BCUT2D eigenvalue weighted by atomic mass is 32.2. The first-order valence-electron chi connectivity index (χ1n) is 10.4. The van der Waals surface area contributed by atoms with Crippen LogP contribution in [0.2, 0.25) is 0 Å². The lowest BCUT2D eigenvalue weighted by molar-refractivity contribution is -0.384. The van der Waals surface area contributed by atoms with Gasteiger partial charge in [0.15, 0.2) is 11.5 Å². The molecule has 36 heavy (non-hydrogen) atoms. The van der Waals surface area contributed by atoms with Gasteiger partial charge >= 0.3 is 0 Å². The summed E-state index contributed by atoms with van der Waals surface area (Å²) in [6.07, 6.45) is 1.41. The second-order valence-corrected chi connectivity index (χ2v) is 10.3. The first-order chi connectivity index (χ1) is 17.1. The number of nitrogens with one attached hydrogen (secondary N) is 1. The van der Waals surface area contributed by atoms with E-state index in [2.05, 4.69) is 9.39 Å². The summed E-state index contributed by atoms with van der Waals surface area (Å²) in [6, 6.07) is 10.8. The van der Waals surface area contributed by atoms with E-state index in [0.717, 1.165) is 16.8 Å². The number of fused-ring (bicyclic) bond motifs is 1. The van der Waals surface area contributed by atoms with Crippen LogP contribution < -0.4 is 9.47 Å². The summed E-state index contributed by atoms with van der Waals surface area (Å²) < 4.78 is 39.8. The SMILES string of the molecule is CCS(=O)(=O)C1=NSC2=NC(=O)/C(=C\c3ccc(OCc4ccc([N+](=O)[O-])cc4)c(OC)c3)C(=N)N21. The maximum Gasteiger partial charge on any atom is 0.283 e. The van der Waals surface area contributed by atoms with E-state index in [0.29, 0.717) is 22.6 Å². The quantitative estimate of drug-likeness (QED) is 0.245. The van der Waals surface area contributed by atoms with Gasteiger partial charge in [0.1, 0.15) is 12.4 Å². The van der Waals surface area contributed by atoms with Gasteiger partial charge in [0.2, 0.25) is 20.2 Å². The second kappa shape index (κ2) is 9.91. The summed E-state index contributed by atoms with van der Waals surface area (Å²) >= 11 is 0.732. The molecule has 12 nitrogen and oxygen atoms in total. The highest BCUT2D eigenvalue weighted by Gasteiger charge is 2.42. The monoisotopic (exact) mass is 529 g/mol. The molecule has 2 aliphatic rings. The maximum absolute atomic E-state index is 12.6. The molecule has 0 unspecified atom stereocenters. The van der Waals surface area contributed by atoms with Gasteiger partial charge in [0.25, 0.3) is 11.6 Å². The van der Waals surface area contributed by atoms with E-state index in [1.54, 1.807) is 30.3 Å². The van der Waals surface area contributed by atoms with Gasteiger partial charge in [-0.1, -0.05) is 13.0 Å². The average molecular weight is 530 g/mol. The van der Waals surface area contributed by atoms with E-state index < -0.39 is 20.7 Å². The molecule has 0 radical (unpaired) electrons. The van der Waals surface area contributed by atoms with Crippen molar-refractivity contribution in [3.05, 3.63) is 69.3 Å². The first-order valence-corrected chi connectivity index (χ1v) is 12.8. The minimum Gasteiger partial charge on any atom is -0.493 e. The van der Waals surface area contributed by atoms with E-state index in [9.17, 15) is 23.3 Å². The second-order valence-electron chi connectivity index (χ2n) is 7.43. The summed E-state index contributed by atoms with van der Waals surface area (Å²) in [4.78, 5) is 27.8. The van der Waals surface area contributed by atoms with Crippen molar-refractivity contribution < 1.29 is 27.6 Å². The smallest absolute Gasteiger partial charge is 0.283 e. The molecule has 2 aromatic carbocycles. The zero-order valence-electron chi connectivity index (χ0n) is 19.0. The number of sulfone groups is 1. The number of nitrogens with zero attached hydrogens (tertiary/aromatic N) is 4. The molecular formula is C22H19N5O7S2. The fourth-order valence-electron chi connectivity index (χ4n) is 3.26. The topological polar surface area (TPSA) is 165 Å². The number of aliphatic imine (C=N–C) groups is 1. The van der Waals surface area contributed by atoms with Gasteiger partial charge in [-0.3, -0.25) is 20.3 Å². The Morgan fingerprint density at radius 1 is 1.19 bits per heavy atom. The predicted molar refractivity (Wildman–Crippen MR) is 135 cm³/mol. The number of hydrogen-bond donors (Lipinski definition) is 1. The Morgan fingerprint density at radius 2 is 1.92 bits per heavy atom. The minimum absolute atomic E-state index is 0.0155. The van der Waals surface area contributed by atoms with Gasteiger partial charge in [-0.15, -0.1) is 0 Å². The molecular weight excluding hydrogens is 510 g/mol. The molecule has 0 saturated heterocycles. The molecule has 2 aliphatic heterocycles. The molecule has 0 bridgehead atoms. The number of nitro groups is 1. The summed E-state index contributed by atoms with van der Waals surface area (Å²) in [7, 11) is -2.30. The summed E-state index contributed by atoms with van der Waals surface area (Å²) in [5.74, 6) is -0.514. The lowest BCUT2D eigenvalue weighted by Gasteiger charge is -2.24.